The minimum atomic E-state index is -0.617. The van der Waals surface area contributed by atoms with E-state index in [9.17, 15) is 15.2 Å². The summed E-state index contributed by atoms with van der Waals surface area (Å²) in [5.74, 6) is 0.977. The number of rotatable bonds is 9. The van der Waals surface area contributed by atoms with E-state index in [-0.39, 0.29) is 19.1 Å². The van der Waals surface area contributed by atoms with Crippen LogP contribution in [0, 0.1) is 11.3 Å². The second-order valence-electron chi connectivity index (χ2n) is 7.85. The molecule has 3 aromatic rings. The van der Waals surface area contributed by atoms with E-state index in [0.29, 0.717) is 23.6 Å². The van der Waals surface area contributed by atoms with Crippen LogP contribution in [0.1, 0.15) is 22.7 Å². The average molecular weight is 448 g/mol. The number of ether oxygens (including phenoxy) is 2. The number of amides is 1. The number of carbonyl (C=O) groups is 1. The van der Waals surface area contributed by atoms with Crippen molar-refractivity contribution in [3.8, 4) is 17.6 Å². The molecule has 1 atom stereocenters. The number of hydrogen-bond donors (Lipinski definition) is 1. The second-order valence-corrected chi connectivity index (χ2v) is 7.85. The van der Waals surface area contributed by atoms with E-state index in [1.54, 1.807) is 32.2 Å². The highest BCUT2D eigenvalue weighted by Crippen LogP contribution is 2.34. The summed E-state index contributed by atoms with van der Waals surface area (Å²) in [5, 5.41) is 21.0. The van der Waals surface area contributed by atoms with E-state index in [4.69, 9.17) is 9.47 Å². The van der Waals surface area contributed by atoms with E-state index in [0.717, 1.165) is 21.9 Å². The molecule has 0 aliphatic heterocycles. The van der Waals surface area contributed by atoms with Crippen LogP contribution in [-0.2, 0) is 11.3 Å². The number of fused-ring (bicyclic) bond motifs is 1. The second kappa shape index (κ2) is 10.8. The zero-order valence-electron chi connectivity index (χ0n) is 19.4. The van der Waals surface area contributed by atoms with Crippen molar-refractivity contribution in [2.75, 3.05) is 41.5 Å². The van der Waals surface area contributed by atoms with Crippen molar-refractivity contribution in [3.05, 3.63) is 71.3 Å². The molecule has 172 valence electrons. The Morgan fingerprint density at radius 1 is 1.09 bits per heavy atom. The number of aliphatic hydroxyl groups excluding tert-OH is 1. The van der Waals surface area contributed by atoms with Crippen molar-refractivity contribution in [1.82, 2.24) is 9.80 Å². The maximum atomic E-state index is 13.7. The quantitative estimate of drug-likeness (QED) is 0.541. The van der Waals surface area contributed by atoms with Crippen LogP contribution in [0.4, 0.5) is 0 Å². The Morgan fingerprint density at radius 3 is 2.52 bits per heavy atom. The molecule has 0 aliphatic carbocycles. The van der Waals surface area contributed by atoms with Gasteiger partial charge in [0, 0.05) is 25.7 Å². The maximum Gasteiger partial charge on any atom is 0.244 e. The van der Waals surface area contributed by atoms with E-state index >= 15 is 0 Å². The molecule has 7 heteroatoms. The Kier molecular flexibility index (Phi) is 7.88. The standard InChI is InChI=1S/C26H29N3O4/c1-28(12-13-30)24(19-9-7-10-21(15-19)32-3)26(31)29(2)17-23-22-11-6-5-8-18(22)14-20(16-27)25(23)33-4/h5-11,14-15,24,30H,12-13,17H2,1-4H3. The van der Waals surface area contributed by atoms with Crippen molar-refractivity contribution in [2.45, 2.75) is 12.6 Å². The fraction of sp³-hybridized carbons (Fsp3) is 0.308. The normalized spacial score (nSPS) is 11.8. The van der Waals surface area contributed by atoms with Crippen LogP contribution in [0.5, 0.6) is 11.5 Å². The molecular weight excluding hydrogens is 418 g/mol. The molecule has 0 aromatic heterocycles. The SMILES string of the molecule is COc1cccc(C(C(=O)N(C)Cc2c(OC)c(C#N)cc3ccccc23)N(C)CCO)c1. The van der Waals surface area contributed by atoms with Crippen LogP contribution >= 0.6 is 0 Å². The minimum absolute atomic E-state index is 0.0728. The van der Waals surface area contributed by atoms with Crippen LogP contribution in [-0.4, -0.2) is 62.3 Å². The third-order valence-electron chi connectivity index (χ3n) is 5.74. The lowest BCUT2D eigenvalue weighted by molar-refractivity contribution is -0.136. The van der Waals surface area contributed by atoms with Crippen molar-refractivity contribution in [2.24, 2.45) is 0 Å². The first kappa shape index (κ1) is 24.1. The van der Waals surface area contributed by atoms with Crippen LogP contribution in [0.2, 0.25) is 0 Å². The molecule has 0 bridgehead atoms. The molecule has 7 nitrogen and oxygen atoms in total. The molecule has 0 radical (unpaired) electrons. The zero-order valence-corrected chi connectivity index (χ0v) is 19.4. The largest absolute Gasteiger partial charge is 0.497 e. The van der Waals surface area contributed by atoms with Crippen LogP contribution < -0.4 is 9.47 Å². The molecule has 0 saturated heterocycles. The molecule has 1 N–H and O–H groups in total. The van der Waals surface area contributed by atoms with Crippen molar-refractivity contribution in [3.63, 3.8) is 0 Å². The van der Waals surface area contributed by atoms with Crippen molar-refractivity contribution in [1.29, 1.82) is 5.26 Å². The molecule has 0 aliphatic rings. The number of likely N-dealkylation sites (N-methyl/N-ethyl adjacent to an activating group) is 2. The van der Waals surface area contributed by atoms with Gasteiger partial charge in [-0.05, 0) is 41.6 Å². The Bertz CT molecular complexity index is 1170. The maximum absolute atomic E-state index is 13.7. The summed E-state index contributed by atoms with van der Waals surface area (Å²) < 4.78 is 10.9. The summed E-state index contributed by atoms with van der Waals surface area (Å²) in [4.78, 5) is 17.2. The number of hydrogen-bond acceptors (Lipinski definition) is 6. The summed E-state index contributed by atoms with van der Waals surface area (Å²) in [5.41, 5.74) is 1.97. The Hall–Kier alpha value is -3.60. The van der Waals surface area contributed by atoms with E-state index in [1.807, 2.05) is 53.4 Å². The van der Waals surface area contributed by atoms with Gasteiger partial charge in [0.15, 0.2) is 0 Å². The molecule has 0 saturated carbocycles. The molecule has 0 heterocycles. The number of aliphatic hydroxyl groups is 1. The van der Waals surface area contributed by atoms with Gasteiger partial charge in [0.25, 0.3) is 0 Å². The lowest BCUT2D eigenvalue weighted by atomic mass is 9.98. The van der Waals surface area contributed by atoms with Gasteiger partial charge < -0.3 is 19.5 Å². The molecule has 3 rings (SSSR count). The first-order valence-corrected chi connectivity index (χ1v) is 10.6. The molecule has 0 fully saturated rings. The summed E-state index contributed by atoms with van der Waals surface area (Å²) >= 11 is 0. The van der Waals surface area contributed by atoms with Crippen LogP contribution in [0.15, 0.2) is 54.6 Å². The molecule has 0 spiro atoms. The van der Waals surface area contributed by atoms with Gasteiger partial charge in [0.05, 0.1) is 26.4 Å². The lowest BCUT2D eigenvalue weighted by Gasteiger charge is -2.31. The van der Waals surface area contributed by atoms with Gasteiger partial charge >= 0.3 is 0 Å². The van der Waals surface area contributed by atoms with Gasteiger partial charge in [-0.3, -0.25) is 9.69 Å². The predicted octanol–water partition coefficient (Wildman–Crippen LogP) is 3.35. The Morgan fingerprint density at radius 2 is 1.85 bits per heavy atom. The first-order chi connectivity index (χ1) is 15.9. The molecule has 1 unspecified atom stereocenters. The topological polar surface area (TPSA) is 86.0 Å². The lowest BCUT2D eigenvalue weighted by Crippen LogP contribution is -2.40. The van der Waals surface area contributed by atoms with Gasteiger partial charge in [-0.25, -0.2) is 0 Å². The first-order valence-electron chi connectivity index (χ1n) is 10.6. The van der Waals surface area contributed by atoms with Gasteiger partial charge in [0.1, 0.15) is 23.6 Å². The predicted molar refractivity (Wildman–Crippen MR) is 127 cm³/mol. The van der Waals surface area contributed by atoms with E-state index in [2.05, 4.69) is 6.07 Å². The third-order valence-corrected chi connectivity index (χ3v) is 5.74. The molecule has 1 amide bonds. The van der Waals surface area contributed by atoms with E-state index in [1.165, 1.54) is 7.11 Å². The van der Waals surface area contributed by atoms with Gasteiger partial charge in [-0.1, -0.05) is 36.4 Å². The highest BCUT2D eigenvalue weighted by molar-refractivity contribution is 5.91. The molecular formula is C26H29N3O4. The van der Waals surface area contributed by atoms with E-state index < -0.39 is 6.04 Å². The number of nitrogens with zero attached hydrogens (tertiary/aromatic N) is 3. The smallest absolute Gasteiger partial charge is 0.244 e. The van der Waals surface area contributed by atoms with Gasteiger partial charge in [-0.15, -0.1) is 0 Å². The van der Waals surface area contributed by atoms with Crippen LogP contribution in [0.25, 0.3) is 10.8 Å². The Balaban J connectivity index is 2.03. The summed E-state index contributed by atoms with van der Waals surface area (Å²) in [6.45, 7) is 0.514. The summed E-state index contributed by atoms with van der Waals surface area (Å²) in [6.07, 6.45) is 0. The zero-order chi connectivity index (χ0) is 24.0. The minimum Gasteiger partial charge on any atom is -0.497 e. The fourth-order valence-corrected chi connectivity index (χ4v) is 4.08. The number of carbonyl (C=O) groups excluding carboxylic acids is 1. The number of nitriles is 1. The summed E-state index contributed by atoms with van der Waals surface area (Å²) in [6, 6.07) is 18.5. The third kappa shape index (κ3) is 5.08. The number of methoxy groups -OCH3 is 2. The van der Waals surface area contributed by atoms with Crippen molar-refractivity contribution >= 4 is 16.7 Å². The van der Waals surface area contributed by atoms with Gasteiger partial charge in [0.2, 0.25) is 5.91 Å². The Labute approximate surface area is 194 Å². The molecule has 33 heavy (non-hydrogen) atoms. The average Bonchev–Trinajstić information content (AvgIpc) is 2.84. The summed E-state index contributed by atoms with van der Waals surface area (Å²) in [7, 11) is 6.65. The van der Waals surface area contributed by atoms with Crippen LogP contribution in [0.3, 0.4) is 0 Å². The molecule has 3 aromatic carbocycles. The fourth-order valence-electron chi connectivity index (χ4n) is 4.08. The van der Waals surface area contributed by atoms with Crippen molar-refractivity contribution < 1.29 is 19.4 Å². The number of benzene rings is 3. The van der Waals surface area contributed by atoms with Gasteiger partial charge in [-0.2, -0.15) is 5.26 Å². The highest BCUT2D eigenvalue weighted by Gasteiger charge is 2.29. The monoisotopic (exact) mass is 447 g/mol. The highest BCUT2D eigenvalue weighted by atomic mass is 16.5.